The molecule has 0 bridgehead atoms. The van der Waals surface area contributed by atoms with Crippen LogP contribution >= 0.6 is 47.0 Å². The molecule has 2 aromatic rings. The Morgan fingerprint density at radius 3 is 2.33 bits per heavy atom. The Labute approximate surface area is 177 Å². The first-order valence-electron chi connectivity index (χ1n) is 7.99. The fraction of sp³-hybridized carbons (Fsp3) is 0.222. The van der Waals surface area contributed by atoms with Gasteiger partial charge in [-0.25, -0.2) is 4.39 Å². The summed E-state index contributed by atoms with van der Waals surface area (Å²) < 4.78 is 11.1. The molecule has 9 heteroatoms. The highest BCUT2D eigenvalue weighted by Crippen LogP contribution is 2.29. The molecule has 0 aliphatic carbocycles. The number of amides is 1. The van der Waals surface area contributed by atoms with E-state index >= 15 is 0 Å². The maximum absolute atomic E-state index is 13.0. The van der Waals surface area contributed by atoms with Gasteiger partial charge >= 0.3 is 0 Å². The number of hydrogen-bond donors (Lipinski definition) is 3. The molecular formula is C18H17Cl3FN3OS. The summed E-state index contributed by atoms with van der Waals surface area (Å²) in [6.07, 6.45) is -0.310. The van der Waals surface area contributed by atoms with Gasteiger partial charge in [0.2, 0.25) is 3.79 Å². The quantitative estimate of drug-likeness (QED) is 0.349. The average molecular weight is 449 g/mol. The second-order valence-corrected chi connectivity index (χ2v) is 8.34. The zero-order chi connectivity index (χ0) is 20.0. The Bertz CT molecular complexity index is 812. The normalized spacial score (nSPS) is 12.2. The van der Waals surface area contributed by atoms with Crippen LogP contribution in [0, 0.1) is 5.82 Å². The van der Waals surface area contributed by atoms with E-state index in [2.05, 4.69) is 16.0 Å². The van der Waals surface area contributed by atoms with Crippen LogP contribution in [0.4, 0.5) is 10.1 Å². The molecular weight excluding hydrogens is 432 g/mol. The molecule has 0 aromatic heterocycles. The van der Waals surface area contributed by atoms with Crippen molar-refractivity contribution in [2.45, 2.75) is 23.3 Å². The molecule has 27 heavy (non-hydrogen) atoms. The molecule has 0 saturated heterocycles. The predicted molar refractivity (Wildman–Crippen MR) is 113 cm³/mol. The Balaban J connectivity index is 2.09. The molecule has 1 unspecified atom stereocenters. The summed E-state index contributed by atoms with van der Waals surface area (Å²) >= 11 is 23.2. The predicted octanol–water partition coefficient (Wildman–Crippen LogP) is 4.80. The summed E-state index contributed by atoms with van der Waals surface area (Å²) in [5, 5.41) is 8.53. The summed E-state index contributed by atoms with van der Waals surface area (Å²) in [5.41, 5.74) is 2.08. The molecule has 0 fully saturated rings. The standard InChI is InChI=1S/C18H17Cl3FN3OS/c1-2-11-5-3-4-6-14(11)23-17(27)25-16(18(19,20)21)24-15(26)12-7-9-13(22)10-8-12/h3-10,16H,2H2,1H3,(H,24,26)(H2,23,25,27). The molecule has 0 spiro atoms. The highest BCUT2D eigenvalue weighted by Gasteiger charge is 2.35. The fourth-order valence-electron chi connectivity index (χ4n) is 2.26. The molecule has 144 valence electrons. The smallest absolute Gasteiger partial charge is 0.252 e. The second-order valence-electron chi connectivity index (χ2n) is 5.56. The first kappa shape index (κ1) is 21.7. The number of aryl methyl sites for hydroxylation is 1. The molecule has 3 N–H and O–H groups in total. The lowest BCUT2D eigenvalue weighted by Crippen LogP contribution is -2.56. The lowest BCUT2D eigenvalue weighted by atomic mass is 10.1. The third-order valence-electron chi connectivity index (χ3n) is 3.63. The highest BCUT2D eigenvalue weighted by molar-refractivity contribution is 7.80. The number of carbonyl (C=O) groups excluding carboxylic acids is 1. The van der Waals surface area contributed by atoms with E-state index in [9.17, 15) is 9.18 Å². The number of anilines is 1. The van der Waals surface area contributed by atoms with Gasteiger partial charge in [0.25, 0.3) is 5.91 Å². The Kier molecular flexibility index (Phi) is 7.68. The Morgan fingerprint density at radius 1 is 1.11 bits per heavy atom. The number of hydrogen-bond acceptors (Lipinski definition) is 2. The van der Waals surface area contributed by atoms with Gasteiger partial charge in [0.05, 0.1) is 0 Å². The van der Waals surface area contributed by atoms with Gasteiger partial charge in [0, 0.05) is 11.3 Å². The van der Waals surface area contributed by atoms with Crippen LogP contribution in [0.3, 0.4) is 0 Å². The van der Waals surface area contributed by atoms with Crippen LogP contribution in [0.1, 0.15) is 22.8 Å². The molecule has 2 rings (SSSR count). The molecule has 4 nitrogen and oxygen atoms in total. The largest absolute Gasteiger partial charge is 0.339 e. The zero-order valence-corrected chi connectivity index (χ0v) is 17.3. The third-order valence-corrected chi connectivity index (χ3v) is 4.51. The van der Waals surface area contributed by atoms with E-state index in [-0.39, 0.29) is 10.7 Å². The minimum Gasteiger partial charge on any atom is -0.339 e. The molecule has 0 heterocycles. The third kappa shape index (κ3) is 6.50. The maximum atomic E-state index is 13.0. The van der Waals surface area contributed by atoms with Crippen LogP contribution in [0.25, 0.3) is 0 Å². The van der Waals surface area contributed by atoms with Crippen molar-refractivity contribution >= 4 is 63.7 Å². The van der Waals surface area contributed by atoms with E-state index < -0.39 is 21.7 Å². The van der Waals surface area contributed by atoms with Gasteiger partial charge in [-0.15, -0.1) is 0 Å². The van der Waals surface area contributed by atoms with Gasteiger partial charge in [-0.05, 0) is 54.5 Å². The van der Waals surface area contributed by atoms with Crippen LogP contribution in [0.5, 0.6) is 0 Å². The van der Waals surface area contributed by atoms with Crippen LogP contribution in [0.15, 0.2) is 48.5 Å². The monoisotopic (exact) mass is 447 g/mol. The number of carbonyl (C=O) groups is 1. The van der Waals surface area contributed by atoms with Crippen LogP contribution in [-0.4, -0.2) is 21.0 Å². The zero-order valence-electron chi connectivity index (χ0n) is 14.2. The second kappa shape index (κ2) is 9.55. The Morgan fingerprint density at radius 2 is 1.74 bits per heavy atom. The maximum Gasteiger partial charge on any atom is 0.252 e. The van der Waals surface area contributed by atoms with Crippen LogP contribution in [0.2, 0.25) is 0 Å². The molecule has 1 atom stereocenters. The molecule has 0 saturated carbocycles. The number of nitrogens with one attached hydrogen (secondary N) is 3. The van der Waals surface area contributed by atoms with E-state index in [1.165, 1.54) is 24.3 Å². The van der Waals surface area contributed by atoms with Gasteiger partial charge in [0.15, 0.2) is 5.11 Å². The van der Waals surface area contributed by atoms with Crippen molar-refractivity contribution in [3.8, 4) is 0 Å². The number of alkyl halides is 3. The number of para-hydroxylation sites is 1. The first-order valence-corrected chi connectivity index (χ1v) is 9.53. The lowest BCUT2D eigenvalue weighted by Gasteiger charge is -2.28. The van der Waals surface area contributed by atoms with Crippen LogP contribution in [-0.2, 0) is 6.42 Å². The average Bonchev–Trinajstić information content (AvgIpc) is 2.61. The van der Waals surface area contributed by atoms with Gasteiger partial charge in [-0.2, -0.15) is 0 Å². The fourth-order valence-corrected chi connectivity index (χ4v) is 2.81. The number of thiocarbonyl (C=S) groups is 1. The van der Waals surface area contributed by atoms with Crippen molar-refractivity contribution in [3.63, 3.8) is 0 Å². The molecule has 2 aromatic carbocycles. The van der Waals surface area contributed by atoms with E-state index in [1.807, 2.05) is 31.2 Å². The van der Waals surface area contributed by atoms with Gasteiger partial charge < -0.3 is 16.0 Å². The van der Waals surface area contributed by atoms with Crippen molar-refractivity contribution in [1.29, 1.82) is 0 Å². The summed E-state index contributed by atoms with van der Waals surface area (Å²) in [6.45, 7) is 2.02. The van der Waals surface area contributed by atoms with Crippen LogP contribution < -0.4 is 16.0 Å². The van der Waals surface area contributed by atoms with Crippen molar-refractivity contribution in [1.82, 2.24) is 10.6 Å². The number of halogens is 4. The van der Waals surface area contributed by atoms with E-state index in [4.69, 9.17) is 47.0 Å². The summed E-state index contributed by atoms with van der Waals surface area (Å²) in [5.74, 6) is -1.00. The minimum absolute atomic E-state index is 0.173. The van der Waals surface area contributed by atoms with E-state index in [1.54, 1.807) is 0 Å². The minimum atomic E-state index is -1.88. The molecule has 1 amide bonds. The van der Waals surface area contributed by atoms with Crippen molar-refractivity contribution < 1.29 is 9.18 Å². The first-order chi connectivity index (χ1) is 12.7. The highest BCUT2D eigenvalue weighted by atomic mass is 35.6. The SMILES string of the molecule is CCc1ccccc1NC(=S)NC(NC(=O)c1ccc(F)cc1)C(Cl)(Cl)Cl. The van der Waals surface area contributed by atoms with Crippen molar-refractivity contribution in [3.05, 3.63) is 65.5 Å². The van der Waals surface area contributed by atoms with Crippen molar-refractivity contribution in [2.24, 2.45) is 0 Å². The summed E-state index contributed by atoms with van der Waals surface area (Å²) in [4.78, 5) is 12.3. The molecule has 0 aliphatic rings. The number of benzene rings is 2. The molecule has 0 radical (unpaired) electrons. The van der Waals surface area contributed by atoms with Gasteiger partial charge in [-0.3, -0.25) is 4.79 Å². The summed E-state index contributed by atoms with van der Waals surface area (Å²) in [7, 11) is 0. The Hall–Kier alpha value is -1.60. The summed E-state index contributed by atoms with van der Waals surface area (Å²) in [6, 6.07) is 12.6. The van der Waals surface area contributed by atoms with Gasteiger partial charge in [-0.1, -0.05) is 59.9 Å². The molecule has 0 aliphatic heterocycles. The van der Waals surface area contributed by atoms with Gasteiger partial charge in [0.1, 0.15) is 12.0 Å². The number of rotatable bonds is 5. The van der Waals surface area contributed by atoms with Crippen molar-refractivity contribution in [2.75, 3.05) is 5.32 Å². The van der Waals surface area contributed by atoms with E-state index in [0.717, 1.165) is 17.7 Å². The van der Waals surface area contributed by atoms with E-state index in [0.29, 0.717) is 0 Å². The lowest BCUT2D eigenvalue weighted by molar-refractivity contribution is 0.0934. The topological polar surface area (TPSA) is 53.2 Å².